The first-order valence-electron chi connectivity index (χ1n) is 11.9. The van der Waals surface area contributed by atoms with E-state index in [0.29, 0.717) is 34.3 Å². The Labute approximate surface area is 224 Å². The summed E-state index contributed by atoms with van der Waals surface area (Å²) in [6.45, 7) is 7.68. The molecule has 0 bridgehead atoms. The van der Waals surface area contributed by atoms with Crippen molar-refractivity contribution in [1.29, 1.82) is 0 Å². The van der Waals surface area contributed by atoms with Crippen LogP contribution >= 0.6 is 23.2 Å². The number of benzene rings is 2. The lowest BCUT2D eigenvalue weighted by atomic mass is 10.1. The molecular formula is C26H35Cl2N3O4S. The van der Waals surface area contributed by atoms with E-state index >= 15 is 0 Å². The van der Waals surface area contributed by atoms with E-state index in [1.807, 2.05) is 26.8 Å². The Balaban J connectivity index is 2.46. The third kappa shape index (κ3) is 8.11. The van der Waals surface area contributed by atoms with Gasteiger partial charge in [0, 0.05) is 13.1 Å². The zero-order valence-electron chi connectivity index (χ0n) is 21.5. The van der Waals surface area contributed by atoms with E-state index in [2.05, 4.69) is 5.32 Å². The molecule has 0 unspecified atom stereocenters. The first-order valence-corrected chi connectivity index (χ1v) is 14.6. The molecule has 0 radical (unpaired) electrons. The highest BCUT2D eigenvalue weighted by molar-refractivity contribution is 7.92. The maximum atomic E-state index is 13.7. The fourth-order valence-electron chi connectivity index (χ4n) is 3.94. The first-order chi connectivity index (χ1) is 16.9. The topological polar surface area (TPSA) is 86.8 Å². The number of nitrogens with zero attached hydrogens (tertiary/aromatic N) is 2. The monoisotopic (exact) mass is 555 g/mol. The summed E-state index contributed by atoms with van der Waals surface area (Å²) < 4.78 is 26.6. The van der Waals surface area contributed by atoms with Gasteiger partial charge in [-0.25, -0.2) is 8.42 Å². The minimum Gasteiger partial charge on any atom is -0.354 e. The van der Waals surface area contributed by atoms with E-state index in [4.69, 9.17) is 23.2 Å². The Morgan fingerprint density at radius 3 is 2.28 bits per heavy atom. The number of hydrogen-bond donors (Lipinski definition) is 1. The number of sulfonamides is 1. The quantitative estimate of drug-likeness (QED) is 0.369. The minimum atomic E-state index is -3.79. The SMILES string of the molecule is CCCCNC(=O)[C@@H](CC)N(Cc1ccc(Cl)c(Cl)c1)C(=O)CN(c1ccc(C)cc1C)S(C)(=O)=O. The molecule has 10 heteroatoms. The number of amides is 2. The van der Waals surface area contributed by atoms with Crippen LogP contribution in [0, 0.1) is 13.8 Å². The van der Waals surface area contributed by atoms with Gasteiger partial charge in [0.15, 0.2) is 0 Å². The Kier molecular flexibility index (Phi) is 11.1. The molecule has 7 nitrogen and oxygen atoms in total. The van der Waals surface area contributed by atoms with Gasteiger partial charge in [0.25, 0.3) is 0 Å². The zero-order chi connectivity index (χ0) is 27.0. The molecule has 1 atom stereocenters. The standard InChI is InChI=1S/C26H35Cl2N3O4S/c1-6-8-13-29-26(33)23(7-2)30(16-20-10-11-21(27)22(28)15-20)25(32)17-31(36(5,34)35)24-12-9-18(3)14-19(24)4/h9-12,14-15,23H,6-8,13,16-17H2,1-5H3,(H,29,33)/t23-/m1/s1. The summed E-state index contributed by atoms with van der Waals surface area (Å²) in [5.74, 6) is -0.777. The number of anilines is 1. The lowest BCUT2D eigenvalue weighted by molar-refractivity contribution is -0.140. The Hall–Kier alpha value is -2.29. The number of rotatable bonds is 12. The molecule has 0 fully saturated rings. The lowest BCUT2D eigenvalue weighted by Crippen LogP contribution is -2.52. The van der Waals surface area contributed by atoms with Crippen molar-refractivity contribution >= 4 is 50.7 Å². The van der Waals surface area contributed by atoms with Gasteiger partial charge in [-0.2, -0.15) is 0 Å². The summed E-state index contributed by atoms with van der Waals surface area (Å²) in [5.41, 5.74) is 2.81. The van der Waals surface area contributed by atoms with Crippen LogP contribution in [0.15, 0.2) is 36.4 Å². The van der Waals surface area contributed by atoms with Crippen LogP contribution in [0.2, 0.25) is 10.0 Å². The fraction of sp³-hybridized carbons (Fsp3) is 0.462. The fourth-order valence-corrected chi connectivity index (χ4v) is 5.17. The van der Waals surface area contributed by atoms with Gasteiger partial charge in [-0.3, -0.25) is 13.9 Å². The molecule has 2 aromatic rings. The van der Waals surface area contributed by atoms with Crippen LogP contribution in [0.25, 0.3) is 0 Å². The van der Waals surface area contributed by atoms with Crippen LogP contribution in [-0.2, 0) is 26.2 Å². The molecule has 2 rings (SSSR count). The summed E-state index contributed by atoms with van der Waals surface area (Å²) >= 11 is 12.2. The van der Waals surface area contributed by atoms with Crippen LogP contribution in [0.4, 0.5) is 5.69 Å². The summed E-state index contributed by atoms with van der Waals surface area (Å²) in [7, 11) is -3.79. The number of halogens is 2. The van der Waals surface area contributed by atoms with Gasteiger partial charge in [-0.05, 0) is 56.0 Å². The van der Waals surface area contributed by atoms with Gasteiger partial charge >= 0.3 is 0 Å². The number of hydrogen-bond acceptors (Lipinski definition) is 4. The average Bonchev–Trinajstić information content (AvgIpc) is 2.79. The molecular weight excluding hydrogens is 521 g/mol. The Morgan fingerprint density at radius 1 is 1.03 bits per heavy atom. The van der Waals surface area contributed by atoms with E-state index < -0.39 is 28.5 Å². The van der Waals surface area contributed by atoms with Crippen LogP contribution in [0.1, 0.15) is 49.8 Å². The number of nitrogens with one attached hydrogen (secondary N) is 1. The lowest BCUT2D eigenvalue weighted by Gasteiger charge is -2.33. The minimum absolute atomic E-state index is 0.0694. The molecule has 1 N–H and O–H groups in total. The van der Waals surface area contributed by atoms with Crippen LogP contribution < -0.4 is 9.62 Å². The van der Waals surface area contributed by atoms with Gasteiger partial charge in [0.1, 0.15) is 12.6 Å². The summed E-state index contributed by atoms with van der Waals surface area (Å²) in [6, 6.07) is 9.57. The van der Waals surface area contributed by atoms with Crippen molar-refractivity contribution in [3.8, 4) is 0 Å². The van der Waals surface area contributed by atoms with Crippen molar-refractivity contribution in [2.45, 2.75) is 59.5 Å². The van der Waals surface area contributed by atoms with E-state index in [1.54, 1.807) is 37.3 Å². The molecule has 0 heterocycles. The van der Waals surface area contributed by atoms with Crippen molar-refractivity contribution in [3.63, 3.8) is 0 Å². The highest BCUT2D eigenvalue weighted by atomic mass is 35.5. The molecule has 0 aliphatic heterocycles. The predicted molar refractivity (Wildman–Crippen MR) is 147 cm³/mol. The van der Waals surface area contributed by atoms with Gasteiger partial charge in [-0.15, -0.1) is 0 Å². The van der Waals surface area contributed by atoms with Crippen molar-refractivity contribution in [2.75, 3.05) is 23.7 Å². The number of unbranched alkanes of at least 4 members (excludes halogenated alkanes) is 1. The molecule has 0 aliphatic carbocycles. The molecule has 36 heavy (non-hydrogen) atoms. The molecule has 0 spiro atoms. The maximum Gasteiger partial charge on any atom is 0.244 e. The summed E-state index contributed by atoms with van der Waals surface area (Å²) in [5, 5.41) is 3.60. The van der Waals surface area contributed by atoms with Crippen LogP contribution in [0.5, 0.6) is 0 Å². The Morgan fingerprint density at radius 2 is 1.72 bits per heavy atom. The average molecular weight is 557 g/mol. The largest absolute Gasteiger partial charge is 0.354 e. The van der Waals surface area contributed by atoms with Gasteiger partial charge in [0.2, 0.25) is 21.8 Å². The van der Waals surface area contributed by atoms with Crippen molar-refractivity contribution < 1.29 is 18.0 Å². The van der Waals surface area contributed by atoms with E-state index in [-0.39, 0.29) is 12.5 Å². The number of carbonyl (C=O) groups excluding carboxylic acids is 2. The van der Waals surface area contributed by atoms with E-state index in [0.717, 1.165) is 34.5 Å². The van der Waals surface area contributed by atoms with Crippen LogP contribution in [0.3, 0.4) is 0 Å². The van der Waals surface area contributed by atoms with Crippen LogP contribution in [-0.4, -0.2) is 50.5 Å². The molecule has 0 saturated carbocycles. The number of aryl methyl sites for hydroxylation is 2. The zero-order valence-corrected chi connectivity index (χ0v) is 23.8. The van der Waals surface area contributed by atoms with Crippen molar-refractivity contribution in [2.24, 2.45) is 0 Å². The molecule has 0 aliphatic rings. The second kappa shape index (κ2) is 13.3. The van der Waals surface area contributed by atoms with Crippen molar-refractivity contribution in [3.05, 3.63) is 63.1 Å². The third-order valence-corrected chi connectivity index (χ3v) is 7.72. The van der Waals surface area contributed by atoms with Gasteiger partial charge in [-0.1, -0.05) is 67.2 Å². The Bertz CT molecular complexity index is 1190. The molecule has 198 valence electrons. The number of carbonyl (C=O) groups is 2. The molecule has 0 aromatic heterocycles. The second-order valence-electron chi connectivity index (χ2n) is 8.90. The molecule has 0 saturated heterocycles. The highest BCUT2D eigenvalue weighted by Gasteiger charge is 2.32. The smallest absolute Gasteiger partial charge is 0.244 e. The normalized spacial score (nSPS) is 12.2. The van der Waals surface area contributed by atoms with E-state index in [1.165, 1.54) is 4.90 Å². The summed E-state index contributed by atoms with van der Waals surface area (Å²) in [6.07, 6.45) is 3.16. The third-order valence-electron chi connectivity index (χ3n) is 5.85. The molecule has 2 aromatic carbocycles. The maximum absolute atomic E-state index is 13.7. The second-order valence-corrected chi connectivity index (χ2v) is 11.6. The predicted octanol–water partition coefficient (Wildman–Crippen LogP) is 5.10. The highest BCUT2D eigenvalue weighted by Crippen LogP contribution is 2.26. The van der Waals surface area contributed by atoms with Crippen molar-refractivity contribution in [1.82, 2.24) is 10.2 Å². The van der Waals surface area contributed by atoms with Gasteiger partial charge in [0.05, 0.1) is 22.0 Å². The summed E-state index contributed by atoms with van der Waals surface area (Å²) in [4.78, 5) is 28.2. The first kappa shape index (κ1) is 29.9. The van der Waals surface area contributed by atoms with E-state index in [9.17, 15) is 18.0 Å². The molecule has 2 amide bonds. The van der Waals surface area contributed by atoms with Gasteiger partial charge < -0.3 is 10.2 Å².